The number of allylic oxidation sites excluding steroid dienone is 1. The third-order valence-electron chi connectivity index (χ3n) is 2.23. The normalized spacial score (nSPS) is 37.5. The first-order valence-corrected chi connectivity index (χ1v) is 3.75. The van der Waals surface area contributed by atoms with Crippen LogP contribution < -0.4 is 5.32 Å². The van der Waals surface area contributed by atoms with E-state index in [2.05, 4.69) is 5.32 Å². The molecule has 1 heterocycles. The zero-order valence-electron chi connectivity index (χ0n) is 6.08. The lowest BCUT2D eigenvalue weighted by molar-refractivity contribution is 0.0808. The maximum Gasteiger partial charge on any atom is 0.149 e. The quantitative estimate of drug-likeness (QED) is 0.477. The second kappa shape index (κ2) is 2.39. The van der Waals surface area contributed by atoms with Crippen LogP contribution in [0.2, 0.25) is 0 Å². The number of aliphatic hydroxyl groups is 2. The van der Waals surface area contributed by atoms with Crippen LogP contribution in [0.4, 0.5) is 0 Å². The van der Waals surface area contributed by atoms with Crippen molar-refractivity contribution in [1.29, 1.82) is 0 Å². The fourth-order valence-electron chi connectivity index (χ4n) is 1.58. The third kappa shape index (κ3) is 0.985. The van der Waals surface area contributed by atoms with Crippen LogP contribution in [0, 0.1) is 0 Å². The van der Waals surface area contributed by atoms with E-state index in [1.807, 2.05) is 0 Å². The van der Waals surface area contributed by atoms with Gasteiger partial charge in [-0.1, -0.05) is 0 Å². The summed E-state index contributed by atoms with van der Waals surface area (Å²) in [6.45, 7) is 0.465. The van der Waals surface area contributed by atoms with Crippen LogP contribution in [0.15, 0.2) is 11.5 Å². The van der Waals surface area contributed by atoms with Gasteiger partial charge in [-0.3, -0.25) is 5.32 Å². The molecule has 0 amide bonds. The van der Waals surface area contributed by atoms with Crippen molar-refractivity contribution in [2.45, 2.75) is 25.0 Å². The Morgan fingerprint density at radius 2 is 2.27 bits per heavy atom. The van der Waals surface area contributed by atoms with Crippen molar-refractivity contribution in [2.75, 3.05) is 6.73 Å². The van der Waals surface area contributed by atoms with Gasteiger partial charge < -0.3 is 14.9 Å². The van der Waals surface area contributed by atoms with Crippen LogP contribution in [0.3, 0.4) is 0 Å². The second-order valence-corrected chi connectivity index (χ2v) is 2.90. The van der Waals surface area contributed by atoms with Crippen molar-refractivity contribution < 1.29 is 14.9 Å². The number of rotatable bonds is 0. The molecule has 0 saturated carbocycles. The average Bonchev–Trinajstić information content (AvgIpc) is 2.45. The Bertz CT molecular complexity index is 202. The van der Waals surface area contributed by atoms with Crippen molar-refractivity contribution >= 4 is 0 Å². The molecular formula is C7H11NO3. The lowest BCUT2D eigenvalue weighted by Gasteiger charge is -2.22. The summed E-state index contributed by atoms with van der Waals surface area (Å²) in [5, 5.41) is 21.4. The van der Waals surface area contributed by atoms with Gasteiger partial charge in [-0.05, 0) is 6.42 Å². The highest BCUT2D eigenvalue weighted by molar-refractivity contribution is 5.15. The molecule has 0 aromatic heterocycles. The summed E-state index contributed by atoms with van der Waals surface area (Å²) in [5.41, 5.74) is 0. The van der Waals surface area contributed by atoms with Crippen LogP contribution >= 0.6 is 0 Å². The molecule has 2 unspecified atom stereocenters. The lowest BCUT2D eigenvalue weighted by atomic mass is 9.97. The smallest absolute Gasteiger partial charge is 0.149 e. The third-order valence-corrected chi connectivity index (χ3v) is 2.23. The van der Waals surface area contributed by atoms with E-state index < -0.39 is 0 Å². The van der Waals surface area contributed by atoms with Crippen molar-refractivity contribution in [2.24, 2.45) is 0 Å². The monoisotopic (exact) mass is 157 g/mol. The summed E-state index contributed by atoms with van der Waals surface area (Å²) in [6.07, 6.45) is 1.35. The molecule has 1 aliphatic carbocycles. The molecule has 1 aliphatic heterocycles. The molecule has 1 saturated heterocycles. The van der Waals surface area contributed by atoms with Gasteiger partial charge in [-0.15, -0.1) is 0 Å². The van der Waals surface area contributed by atoms with Gasteiger partial charge in [0.05, 0.1) is 18.9 Å². The van der Waals surface area contributed by atoms with Crippen LogP contribution in [0.25, 0.3) is 0 Å². The highest BCUT2D eigenvalue weighted by Crippen LogP contribution is 2.26. The molecule has 62 valence electrons. The van der Waals surface area contributed by atoms with Gasteiger partial charge >= 0.3 is 0 Å². The van der Waals surface area contributed by atoms with E-state index in [1.165, 1.54) is 0 Å². The summed E-state index contributed by atoms with van der Waals surface area (Å²) < 4.78 is 5.26. The molecule has 4 heteroatoms. The summed E-state index contributed by atoms with van der Waals surface area (Å²) >= 11 is 0. The van der Waals surface area contributed by atoms with Gasteiger partial charge in [0.25, 0.3) is 0 Å². The zero-order valence-corrected chi connectivity index (χ0v) is 6.08. The van der Waals surface area contributed by atoms with E-state index in [0.29, 0.717) is 13.2 Å². The van der Waals surface area contributed by atoms with Crippen molar-refractivity contribution in [3.63, 3.8) is 0 Å². The lowest BCUT2D eigenvalue weighted by Crippen LogP contribution is -2.36. The van der Waals surface area contributed by atoms with Gasteiger partial charge in [-0.25, -0.2) is 0 Å². The minimum Gasteiger partial charge on any atom is -0.509 e. The van der Waals surface area contributed by atoms with E-state index in [1.54, 1.807) is 0 Å². The molecule has 3 N–H and O–H groups in total. The maximum absolute atomic E-state index is 9.34. The van der Waals surface area contributed by atoms with Crippen molar-refractivity contribution in [1.82, 2.24) is 5.32 Å². The number of nitrogens with one attached hydrogen (secondary N) is 1. The van der Waals surface area contributed by atoms with E-state index in [0.717, 1.165) is 6.42 Å². The summed E-state index contributed by atoms with van der Waals surface area (Å²) in [5.74, 6) is 0.156. The number of hydrogen-bond acceptors (Lipinski definition) is 4. The van der Waals surface area contributed by atoms with E-state index in [4.69, 9.17) is 9.84 Å². The second-order valence-electron chi connectivity index (χ2n) is 2.90. The summed E-state index contributed by atoms with van der Waals surface area (Å²) in [4.78, 5) is 0. The Hall–Kier alpha value is -0.740. The molecule has 0 bridgehead atoms. The summed E-state index contributed by atoms with van der Waals surface area (Å²) in [7, 11) is 0. The fraction of sp³-hybridized carbons (Fsp3) is 0.714. The summed E-state index contributed by atoms with van der Waals surface area (Å²) in [6, 6.07) is -0.177. The first-order chi connectivity index (χ1) is 5.29. The molecular weight excluding hydrogens is 146 g/mol. The fourth-order valence-corrected chi connectivity index (χ4v) is 1.58. The van der Waals surface area contributed by atoms with Crippen LogP contribution in [-0.4, -0.2) is 29.1 Å². The number of aliphatic hydroxyl groups excluding tert-OH is 2. The Morgan fingerprint density at radius 1 is 1.45 bits per heavy atom. The minimum atomic E-state index is -0.177. The van der Waals surface area contributed by atoms with E-state index in [9.17, 15) is 5.11 Å². The largest absolute Gasteiger partial charge is 0.509 e. The molecule has 0 spiro atoms. The predicted molar refractivity (Wildman–Crippen MR) is 38.2 cm³/mol. The Labute approximate surface area is 64.5 Å². The average molecular weight is 157 g/mol. The molecule has 4 nitrogen and oxygen atoms in total. The number of hydrogen-bond donors (Lipinski definition) is 3. The first kappa shape index (κ1) is 6.94. The van der Waals surface area contributed by atoms with Crippen LogP contribution in [0.5, 0.6) is 0 Å². The molecule has 0 radical (unpaired) electrons. The van der Waals surface area contributed by atoms with Crippen LogP contribution in [-0.2, 0) is 4.74 Å². The molecule has 11 heavy (non-hydrogen) atoms. The molecule has 0 aromatic carbocycles. The molecule has 2 aliphatic rings. The van der Waals surface area contributed by atoms with Gasteiger partial charge in [0.2, 0.25) is 0 Å². The Balaban J connectivity index is 2.23. The van der Waals surface area contributed by atoms with Gasteiger partial charge in [-0.2, -0.15) is 0 Å². The van der Waals surface area contributed by atoms with Crippen LogP contribution in [0.1, 0.15) is 12.8 Å². The Kier molecular flexibility index (Phi) is 1.51. The topological polar surface area (TPSA) is 61.7 Å². The van der Waals surface area contributed by atoms with E-state index in [-0.39, 0.29) is 23.7 Å². The van der Waals surface area contributed by atoms with Crippen molar-refractivity contribution in [3.05, 3.63) is 11.5 Å². The van der Waals surface area contributed by atoms with Crippen molar-refractivity contribution in [3.8, 4) is 0 Å². The SMILES string of the molecule is OC1=C(O)C2NCOC2CC1. The van der Waals surface area contributed by atoms with Gasteiger partial charge in [0.15, 0.2) is 0 Å². The maximum atomic E-state index is 9.34. The Morgan fingerprint density at radius 3 is 3.09 bits per heavy atom. The highest BCUT2D eigenvalue weighted by Gasteiger charge is 2.36. The molecule has 1 fully saturated rings. The number of ether oxygens (including phenoxy) is 1. The van der Waals surface area contributed by atoms with Gasteiger partial charge in [0.1, 0.15) is 11.5 Å². The standard InChI is InChI=1S/C7H11NO3/c9-4-1-2-5-6(7(4)10)8-3-11-5/h5-6,8-10H,1-3H2. The van der Waals surface area contributed by atoms with Gasteiger partial charge in [0, 0.05) is 6.42 Å². The first-order valence-electron chi connectivity index (χ1n) is 3.75. The molecule has 2 atom stereocenters. The zero-order chi connectivity index (χ0) is 7.84. The molecule has 0 aromatic rings. The predicted octanol–water partition coefficient (Wildman–Crippen LogP) is 0.422. The highest BCUT2D eigenvalue weighted by atomic mass is 16.5. The minimum absolute atomic E-state index is 0.0471. The molecule has 2 rings (SSSR count). The van der Waals surface area contributed by atoms with E-state index >= 15 is 0 Å². The number of fused-ring (bicyclic) bond motifs is 1.